The fourth-order valence-corrected chi connectivity index (χ4v) is 14.5. The molecule has 0 amide bonds. The molecule has 84 heavy (non-hydrogen) atoms. The predicted octanol–water partition coefficient (Wildman–Crippen LogP) is 20.5. The Balaban J connectivity index is 0.900. The highest BCUT2D eigenvalue weighted by Gasteiger charge is 2.28. The number of fused-ring (bicyclic) bond motifs is 13. The van der Waals surface area contributed by atoms with Crippen LogP contribution in [0.25, 0.3) is 110 Å². The van der Waals surface area contributed by atoms with Gasteiger partial charge in [-0.15, -0.1) is 0 Å². The van der Waals surface area contributed by atoms with Crippen LogP contribution in [0.2, 0.25) is 19.6 Å². The smallest absolute Gasteiger partial charge is 0.137 e. The predicted molar refractivity (Wildman–Crippen MR) is 359 cm³/mol. The zero-order valence-corrected chi connectivity index (χ0v) is 50.3. The summed E-state index contributed by atoms with van der Waals surface area (Å²) in [6, 6.07) is 83.2. The molecule has 0 saturated carbocycles. The number of anilines is 2. The zero-order chi connectivity index (χ0) is 57.4. The van der Waals surface area contributed by atoms with Gasteiger partial charge in [0, 0.05) is 67.6 Å². The topological polar surface area (TPSA) is 40.1 Å². The molecule has 410 valence electrons. The van der Waals surface area contributed by atoms with Crippen LogP contribution in [0.3, 0.4) is 0 Å². The van der Waals surface area contributed by atoms with Gasteiger partial charge in [0.05, 0.1) is 46.9 Å². The van der Waals surface area contributed by atoms with Crippen LogP contribution in [0.5, 0.6) is 11.5 Å². The van der Waals surface area contributed by atoms with Gasteiger partial charge in [0.2, 0.25) is 0 Å². The van der Waals surface area contributed by atoms with Crippen molar-refractivity contribution in [1.82, 2.24) is 18.7 Å². The highest BCUT2D eigenvalue weighted by molar-refractivity contribution is 6.88. The van der Waals surface area contributed by atoms with E-state index >= 15 is 0 Å². The third kappa shape index (κ3) is 8.38. The average Bonchev–Trinajstić information content (AvgIpc) is 2.30. The fraction of sp³-hybridized carbons (Fsp3) is 0.156. The first kappa shape index (κ1) is 51.4. The molecule has 10 aromatic carbocycles. The molecule has 1 aliphatic heterocycles. The molecular weight excluding hydrogens is 1040 g/mol. The summed E-state index contributed by atoms with van der Waals surface area (Å²) in [6.45, 7) is 21.8. The Morgan fingerprint density at radius 3 is 1.64 bits per heavy atom. The summed E-state index contributed by atoms with van der Waals surface area (Å²) in [7, 11) is -1.75. The molecule has 0 saturated heterocycles. The normalized spacial score (nSPS) is 13.0. The van der Waals surface area contributed by atoms with E-state index in [4.69, 9.17) is 9.72 Å². The number of nitrogens with zero attached hydrogens (tertiary/aromatic N) is 5. The minimum absolute atomic E-state index is 0.0324. The largest absolute Gasteiger partial charge is 0.457 e. The number of benzene rings is 10. The summed E-state index contributed by atoms with van der Waals surface area (Å²) in [4.78, 5) is 7.55. The molecule has 0 unspecified atom stereocenters. The van der Waals surface area contributed by atoms with Crippen molar-refractivity contribution in [1.29, 1.82) is 0 Å². The van der Waals surface area contributed by atoms with Crippen molar-refractivity contribution in [2.45, 2.75) is 78.7 Å². The summed E-state index contributed by atoms with van der Waals surface area (Å²) in [5, 5.41) is 13.5. The zero-order valence-electron chi connectivity index (χ0n) is 49.3. The molecule has 15 rings (SSSR count). The Hall–Kier alpha value is -9.43. The summed E-state index contributed by atoms with van der Waals surface area (Å²) in [6.07, 6.45) is 1.95. The second kappa shape index (κ2) is 19.1. The molecular formula is C77H67N5OSi. The van der Waals surface area contributed by atoms with Crippen molar-refractivity contribution in [3.8, 4) is 34.1 Å². The third-order valence-corrected chi connectivity index (χ3v) is 19.7. The van der Waals surface area contributed by atoms with Gasteiger partial charge in [0.1, 0.15) is 24.0 Å². The van der Waals surface area contributed by atoms with E-state index in [0.29, 0.717) is 6.67 Å². The molecule has 0 aliphatic carbocycles. The lowest BCUT2D eigenvalue weighted by molar-refractivity contribution is 0.483. The van der Waals surface area contributed by atoms with Crippen molar-refractivity contribution in [2.75, 3.05) is 4.90 Å². The van der Waals surface area contributed by atoms with Gasteiger partial charge in [0.15, 0.2) is 0 Å². The molecule has 0 radical (unpaired) electrons. The van der Waals surface area contributed by atoms with Crippen LogP contribution in [-0.2, 0) is 17.5 Å². The van der Waals surface area contributed by atoms with Gasteiger partial charge in [-0.25, -0.2) is 4.98 Å². The van der Waals surface area contributed by atoms with Crippen LogP contribution in [-0.4, -0.2) is 26.8 Å². The van der Waals surface area contributed by atoms with E-state index in [1.807, 2.05) is 6.20 Å². The lowest BCUT2D eigenvalue weighted by atomic mass is 9.85. The molecule has 14 aromatic rings. The Morgan fingerprint density at radius 1 is 0.405 bits per heavy atom. The molecule has 5 heterocycles. The quantitative estimate of drug-likeness (QED) is 0.149. The van der Waals surface area contributed by atoms with Crippen molar-refractivity contribution in [3.05, 3.63) is 242 Å². The van der Waals surface area contributed by atoms with E-state index in [1.54, 1.807) is 0 Å². The number of hydrogen-bond donors (Lipinski definition) is 0. The highest BCUT2D eigenvalue weighted by Crippen LogP contribution is 2.46. The van der Waals surface area contributed by atoms with Crippen molar-refractivity contribution in [2.24, 2.45) is 0 Å². The van der Waals surface area contributed by atoms with Crippen LogP contribution in [0, 0.1) is 0 Å². The number of hydrogen-bond acceptors (Lipinski definition) is 3. The first-order chi connectivity index (χ1) is 40.5. The SMILES string of the molecule is CC(C)(C)c1cc(-c2cccc3c4ccccc4c4ccccc4c4cccc5c4n(c23)CN5c2cccc(Oc3ccc4c5cc(-n6c7ccccc7c7ccccc76)ccc5n(-c5cc(C(C)(C)C)ccn5)c4c3)c2)cc([Si](C)(C)C)c1. The standard InChI is InChI=1S/C77H67N5OSi/c1-76(2,3)50-39-40-78-73(44-50)82-70-38-35-53(81-68-32-16-14-27-62(68)63-28-15-17-33-69(63)81)46-67(70)64-37-36-55(47-72(64)82)83-54-22-18-21-52(45-54)79-48-80-74-57(49-41-51(77(4,5)6)43-56(42-49)84(7,8)9)29-19-30-65(74)60-25-12-10-23-58(60)59-24-11-13-26-61(59)66-31-20-34-71(79)75(66)80/h10-47H,48H2,1-9H3. The summed E-state index contributed by atoms with van der Waals surface area (Å²) < 4.78 is 14.4. The van der Waals surface area contributed by atoms with Gasteiger partial charge in [-0.05, 0) is 122 Å². The van der Waals surface area contributed by atoms with Crippen LogP contribution < -0.4 is 14.8 Å². The molecule has 1 aliphatic rings. The maximum atomic E-state index is 7.09. The summed E-state index contributed by atoms with van der Waals surface area (Å²) in [5.74, 6) is 2.37. The first-order valence-corrected chi connectivity index (χ1v) is 33.0. The second-order valence-corrected chi connectivity index (χ2v) is 31.2. The third-order valence-electron chi connectivity index (χ3n) is 17.6. The Bertz CT molecular complexity index is 5030. The van der Waals surface area contributed by atoms with Gasteiger partial charge in [-0.2, -0.15) is 0 Å². The number of para-hydroxylation sites is 4. The van der Waals surface area contributed by atoms with Gasteiger partial charge in [-0.1, -0.05) is 206 Å². The molecule has 7 heteroatoms. The van der Waals surface area contributed by atoms with E-state index in [-0.39, 0.29) is 10.8 Å². The Morgan fingerprint density at radius 2 is 0.976 bits per heavy atom. The van der Waals surface area contributed by atoms with Gasteiger partial charge >= 0.3 is 0 Å². The molecule has 0 bridgehead atoms. The lowest BCUT2D eigenvalue weighted by Gasteiger charge is -2.26. The molecule has 0 atom stereocenters. The minimum atomic E-state index is -1.75. The van der Waals surface area contributed by atoms with E-state index in [0.717, 1.165) is 56.2 Å². The minimum Gasteiger partial charge on any atom is -0.457 e. The van der Waals surface area contributed by atoms with Crippen LogP contribution >= 0.6 is 0 Å². The van der Waals surface area contributed by atoms with Gasteiger partial charge < -0.3 is 18.8 Å². The number of ether oxygens (including phenoxy) is 1. The molecule has 0 N–H and O–H groups in total. The maximum Gasteiger partial charge on any atom is 0.137 e. The molecule has 6 nitrogen and oxygen atoms in total. The maximum absolute atomic E-state index is 7.09. The van der Waals surface area contributed by atoms with Crippen molar-refractivity contribution < 1.29 is 4.74 Å². The lowest BCUT2D eigenvalue weighted by Crippen LogP contribution is -2.38. The first-order valence-electron chi connectivity index (χ1n) is 29.5. The summed E-state index contributed by atoms with van der Waals surface area (Å²) in [5.41, 5.74) is 15.2. The summed E-state index contributed by atoms with van der Waals surface area (Å²) >= 11 is 0. The number of rotatable bonds is 7. The van der Waals surface area contributed by atoms with Gasteiger partial charge in [0.25, 0.3) is 0 Å². The Kier molecular flexibility index (Phi) is 11.7. The van der Waals surface area contributed by atoms with E-state index in [9.17, 15) is 0 Å². The van der Waals surface area contributed by atoms with Crippen LogP contribution in [0.4, 0.5) is 11.4 Å². The second-order valence-electron chi connectivity index (χ2n) is 26.1. The average molecular weight is 1110 g/mol. The number of pyridine rings is 1. The van der Waals surface area contributed by atoms with Crippen molar-refractivity contribution in [3.63, 3.8) is 0 Å². The van der Waals surface area contributed by atoms with Crippen molar-refractivity contribution >= 4 is 112 Å². The highest BCUT2D eigenvalue weighted by atomic mass is 28.3. The monoisotopic (exact) mass is 1110 g/mol. The van der Waals surface area contributed by atoms with E-state index in [1.165, 1.54) is 92.6 Å². The van der Waals surface area contributed by atoms with Gasteiger partial charge in [-0.3, -0.25) is 4.57 Å². The van der Waals surface area contributed by atoms with E-state index < -0.39 is 8.07 Å². The molecule has 4 aromatic heterocycles. The Labute approximate surface area is 491 Å². The molecule has 0 spiro atoms. The number of aromatic nitrogens is 4. The van der Waals surface area contributed by atoms with Crippen LogP contribution in [0.1, 0.15) is 52.7 Å². The molecule has 0 fully saturated rings. The van der Waals surface area contributed by atoms with Crippen LogP contribution in [0.15, 0.2) is 231 Å². The van der Waals surface area contributed by atoms with E-state index in [2.05, 4.69) is 304 Å². The fourth-order valence-electron chi connectivity index (χ4n) is 13.3.